The van der Waals surface area contributed by atoms with Crippen molar-refractivity contribution in [1.82, 2.24) is 15.5 Å². The van der Waals surface area contributed by atoms with Gasteiger partial charge in [-0.25, -0.2) is 4.79 Å². The first kappa shape index (κ1) is 21.4. The number of nitrogens with one attached hydrogen (secondary N) is 2. The van der Waals surface area contributed by atoms with Crippen molar-refractivity contribution < 1.29 is 23.9 Å². The lowest BCUT2D eigenvalue weighted by Gasteiger charge is -2.24. The maximum Gasteiger partial charge on any atom is 0.326 e. The van der Waals surface area contributed by atoms with E-state index in [0.717, 1.165) is 10.5 Å². The summed E-state index contributed by atoms with van der Waals surface area (Å²) in [7, 11) is 0. The van der Waals surface area contributed by atoms with E-state index in [1.54, 1.807) is 19.1 Å². The fourth-order valence-electron chi connectivity index (χ4n) is 2.75. The number of urea groups is 1. The van der Waals surface area contributed by atoms with Crippen LogP contribution in [0.25, 0.3) is 0 Å². The minimum absolute atomic E-state index is 0.413. The van der Waals surface area contributed by atoms with Crippen LogP contribution in [0.1, 0.15) is 45.2 Å². The van der Waals surface area contributed by atoms with E-state index < -0.39 is 48.0 Å². The van der Waals surface area contributed by atoms with Crippen molar-refractivity contribution in [2.45, 2.75) is 52.1 Å². The number of imide groups is 1. The second-order valence-electron chi connectivity index (χ2n) is 7.76. The molecule has 1 heterocycles. The molecule has 1 aromatic rings. The molecule has 1 aromatic carbocycles. The first-order valence-electron chi connectivity index (χ1n) is 9.16. The molecule has 0 aromatic heterocycles. The third-order valence-electron chi connectivity index (χ3n) is 4.92. The molecule has 1 atom stereocenters. The molecule has 0 spiro atoms. The highest BCUT2D eigenvalue weighted by atomic mass is 16.5. The van der Waals surface area contributed by atoms with E-state index in [2.05, 4.69) is 10.6 Å². The fourth-order valence-corrected chi connectivity index (χ4v) is 2.75. The van der Waals surface area contributed by atoms with Gasteiger partial charge in [0, 0.05) is 5.54 Å². The second-order valence-corrected chi connectivity index (χ2v) is 7.76. The molecule has 0 radical (unpaired) electrons. The normalized spacial score (nSPS) is 19.4. The van der Waals surface area contributed by atoms with Crippen LogP contribution in [0.3, 0.4) is 0 Å². The van der Waals surface area contributed by atoms with Crippen LogP contribution in [0, 0.1) is 6.92 Å². The lowest BCUT2D eigenvalue weighted by molar-refractivity contribution is -0.151. The van der Waals surface area contributed by atoms with Gasteiger partial charge in [-0.2, -0.15) is 0 Å². The Bertz CT molecular complexity index is 788. The van der Waals surface area contributed by atoms with E-state index in [9.17, 15) is 19.2 Å². The fraction of sp³-hybridized carbons (Fsp3) is 0.500. The van der Waals surface area contributed by atoms with E-state index in [1.807, 2.05) is 39.8 Å². The zero-order valence-corrected chi connectivity index (χ0v) is 16.9. The molecule has 2 N–H and O–H groups in total. The summed E-state index contributed by atoms with van der Waals surface area (Å²) in [6.07, 6.45) is 0.715. The molecule has 1 aliphatic rings. The van der Waals surface area contributed by atoms with Crippen molar-refractivity contribution in [2.75, 3.05) is 13.2 Å². The molecule has 1 aliphatic heterocycles. The Morgan fingerprint density at radius 3 is 2.39 bits per heavy atom. The molecule has 4 amide bonds. The Labute approximate surface area is 164 Å². The zero-order valence-electron chi connectivity index (χ0n) is 16.9. The van der Waals surface area contributed by atoms with E-state index in [4.69, 9.17) is 4.74 Å². The molecule has 2 rings (SSSR count). The van der Waals surface area contributed by atoms with Crippen molar-refractivity contribution in [1.29, 1.82) is 0 Å². The van der Waals surface area contributed by atoms with Crippen LogP contribution in [0.5, 0.6) is 0 Å². The van der Waals surface area contributed by atoms with Gasteiger partial charge in [0.1, 0.15) is 12.1 Å². The number of rotatable bonds is 7. The lowest BCUT2D eigenvalue weighted by atomic mass is 9.91. The van der Waals surface area contributed by atoms with Crippen molar-refractivity contribution in [3.05, 3.63) is 35.4 Å². The highest BCUT2D eigenvalue weighted by molar-refractivity contribution is 6.08. The molecule has 0 unspecified atom stereocenters. The summed E-state index contributed by atoms with van der Waals surface area (Å²) in [5.41, 5.74) is -0.0276. The molecule has 8 nitrogen and oxygen atoms in total. The maximum absolute atomic E-state index is 12.8. The Morgan fingerprint density at radius 2 is 1.82 bits per heavy atom. The Hall–Kier alpha value is -2.90. The molecule has 0 saturated carbocycles. The van der Waals surface area contributed by atoms with Crippen molar-refractivity contribution in [3.8, 4) is 0 Å². The van der Waals surface area contributed by atoms with Crippen LogP contribution in [0.15, 0.2) is 24.3 Å². The third kappa shape index (κ3) is 4.68. The number of carbonyl (C=O) groups excluding carboxylic acids is 4. The van der Waals surface area contributed by atoms with Gasteiger partial charge in [0.2, 0.25) is 0 Å². The summed E-state index contributed by atoms with van der Waals surface area (Å²) < 4.78 is 4.92. The summed E-state index contributed by atoms with van der Waals surface area (Å²) in [4.78, 5) is 49.7. The number of hydrogen-bond donors (Lipinski definition) is 2. The summed E-state index contributed by atoms with van der Waals surface area (Å²) in [5.74, 6) is -1.82. The molecular weight excluding hydrogens is 362 g/mol. The minimum atomic E-state index is -1.26. The predicted molar refractivity (Wildman–Crippen MR) is 102 cm³/mol. The van der Waals surface area contributed by atoms with Crippen LogP contribution in [-0.4, -0.2) is 47.4 Å². The Balaban J connectivity index is 1.98. The summed E-state index contributed by atoms with van der Waals surface area (Å²) in [6, 6.07) is 6.52. The Morgan fingerprint density at radius 1 is 1.21 bits per heavy atom. The Kier molecular flexibility index (Phi) is 6.11. The summed E-state index contributed by atoms with van der Waals surface area (Å²) >= 11 is 0. The van der Waals surface area contributed by atoms with Gasteiger partial charge >= 0.3 is 12.0 Å². The van der Waals surface area contributed by atoms with Gasteiger partial charge in [-0.3, -0.25) is 19.3 Å². The van der Waals surface area contributed by atoms with Gasteiger partial charge in [0.05, 0.1) is 0 Å². The van der Waals surface area contributed by atoms with Crippen LogP contribution >= 0.6 is 0 Å². The molecule has 0 bridgehead atoms. The third-order valence-corrected chi connectivity index (χ3v) is 4.92. The molecule has 1 fully saturated rings. The van der Waals surface area contributed by atoms with Gasteiger partial charge in [0.15, 0.2) is 6.61 Å². The first-order valence-corrected chi connectivity index (χ1v) is 9.16. The topological polar surface area (TPSA) is 105 Å². The van der Waals surface area contributed by atoms with Crippen molar-refractivity contribution in [3.63, 3.8) is 0 Å². The number of hydrogen-bond acceptors (Lipinski definition) is 5. The largest absolute Gasteiger partial charge is 0.454 e. The second kappa shape index (κ2) is 8.00. The minimum Gasteiger partial charge on any atom is -0.454 e. The predicted octanol–water partition coefficient (Wildman–Crippen LogP) is 1.61. The maximum atomic E-state index is 12.8. The van der Waals surface area contributed by atoms with Gasteiger partial charge in [-0.05, 0) is 39.7 Å². The molecule has 8 heteroatoms. The van der Waals surface area contributed by atoms with Crippen LogP contribution < -0.4 is 10.6 Å². The number of esters is 1. The highest BCUT2D eigenvalue weighted by Crippen LogP contribution is 2.28. The number of ether oxygens (including phenoxy) is 1. The van der Waals surface area contributed by atoms with Crippen molar-refractivity contribution in [2.24, 2.45) is 0 Å². The first-order chi connectivity index (χ1) is 13.0. The van der Waals surface area contributed by atoms with Gasteiger partial charge in [-0.1, -0.05) is 36.8 Å². The molecular formula is C20H27N3O5. The average molecular weight is 389 g/mol. The van der Waals surface area contributed by atoms with Crippen molar-refractivity contribution >= 4 is 23.8 Å². The average Bonchev–Trinajstić information content (AvgIpc) is 2.84. The number of carbonyl (C=O) groups is 4. The number of benzene rings is 1. The van der Waals surface area contributed by atoms with Gasteiger partial charge in [-0.15, -0.1) is 0 Å². The quantitative estimate of drug-likeness (QED) is 0.545. The number of nitrogens with zero attached hydrogens (tertiary/aromatic N) is 1. The molecule has 0 aliphatic carbocycles. The zero-order chi connectivity index (χ0) is 21.1. The number of amides is 4. The SMILES string of the molecule is CCC(C)(C)NC(=O)COC(=O)CN1C(=O)N[C@@](C)(c2ccc(C)cc2)C1=O. The van der Waals surface area contributed by atoms with Crippen LogP contribution in [0.2, 0.25) is 0 Å². The smallest absolute Gasteiger partial charge is 0.326 e. The van der Waals surface area contributed by atoms with E-state index >= 15 is 0 Å². The molecule has 28 heavy (non-hydrogen) atoms. The van der Waals surface area contributed by atoms with E-state index in [0.29, 0.717) is 12.0 Å². The standard InChI is InChI=1S/C20H27N3O5/c1-6-19(3,4)21-15(24)12-28-16(25)11-23-17(26)20(5,22-18(23)27)14-9-7-13(2)8-10-14/h7-10H,6,11-12H2,1-5H3,(H,21,24)(H,22,27)/t20-/m0/s1. The highest BCUT2D eigenvalue weighted by Gasteiger charge is 2.49. The summed E-state index contributed by atoms with van der Waals surface area (Å²) in [5, 5.41) is 5.36. The number of aryl methyl sites for hydroxylation is 1. The monoisotopic (exact) mass is 389 g/mol. The lowest BCUT2D eigenvalue weighted by Crippen LogP contribution is -2.45. The molecule has 1 saturated heterocycles. The van der Waals surface area contributed by atoms with Crippen LogP contribution in [-0.2, 0) is 24.7 Å². The van der Waals surface area contributed by atoms with Gasteiger partial charge in [0.25, 0.3) is 11.8 Å². The van der Waals surface area contributed by atoms with E-state index in [1.165, 1.54) is 0 Å². The van der Waals surface area contributed by atoms with Crippen LogP contribution in [0.4, 0.5) is 4.79 Å². The van der Waals surface area contributed by atoms with Gasteiger partial charge < -0.3 is 15.4 Å². The molecule has 152 valence electrons. The van der Waals surface area contributed by atoms with E-state index in [-0.39, 0.29) is 0 Å². The summed E-state index contributed by atoms with van der Waals surface area (Å²) in [6.45, 7) is 8.11.